The zero-order chi connectivity index (χ0) is 10.7. The molecule has 1 aliphatic rings. The van der Waals surface area contributed by atoms with E-state index >= 15 is 0 Å². The second kappa shape index (κ2) is 4.75. The first kappa shape index (κ1) is 10.6. The summed E-state index contributed by atoms with van der Waals surface area (Å²) in [6.07, 6.45) is 9.41. The van der Waals surface area contributed by atoms with E-state index in [1.165, 1.54) is 31.2 Å². The Kier molecular flexibility index (Phi) is 3.37. The topological polar surface area (TPSA) is 16.1 Å². The van der Waals surface area contributed by atoms with Crippen molar-refractivity contribution >= 4 is 0 Å². The molecule has 1 unspecified atom stereocenters. The minimum atomic E-state index is 0.557. The van der Waals surface area contributed by atoms with E-state index in [1.54, 1.807) is 0 Å². The van der Waals surface area contributed by atoms with Crippen LogP contribution in [0.4, 0.5) is 0 Å². The fourth-order valence-electron chi connectivity index (χ4n) is 2.82. The molecule has 0 aromatic carbocycles. The normalized spacial score (nSPS) is 19.7. The molecule has 1 fully saturated rings. The first-order chi connectivity index (χ1) is 7.29. The molecule has 2 heteroatoms. The molecule has 0 aliphatic heterocycles. The summed E-state index contributed by atoms with van der Waals surface area (Å²) in [6, 6.07) is 4.80. The van der Waals surface area contributed by atoms with Gasteiger partial charge < -0.3 is 4.90 Å². The molecular weight excluding hydrogens is 184 g/mol. The molecule has 1 heterocycles. The minimum Gasteiger partial charge on any atom is -0.302 e. The van der Waals surface area contributed by atoms with E-state index < -0.39 is 0 Å². The van der Waals surface area contributed by atoms with Crippen molar-refractivity contribution in [3.05, 3.63) is 30.1 Å². The van der Waals surface area contributed by atoms with E-state index in [-0.39, 0.29) is 0 Å². The number of nitrogens with zero attached hydrogens (tertiary/aromatic N) is 2. The second-order valence-electron chi connectivity index (χ2n) is 4.74. The van der Waals surface area contributed by atoms with Crippen LogP contribution in [0.15, 0.2) is 24.5 Å². The molecule has 82 valence electrons. The molecule has 1 aromatic rings. The Morgan fingerprint density at radius 3 is 2.60 bits per heavy atom. The molecule has 0 amide bonds. The molecule has 1 aliphatic carbocycles. The van der Waals surface area contributed by atoms with Gasteiger partial charge in [-0.25, -0.2) is 0 Å². The summed E-state index contributed by atoms with van der Waals surface area (Å²) in [6.45, 7) is 0. The monoisotopic (exact) mass is 204 g/mol. The van der Waals surface area contributed by atoms with Gasteiger partial charge in [-0.1, -0.05) is 18.9 Å². The van der Waals surface area contributed by atoms with Gasteiger partial charge in [-0.3, -0.25) is 4.98 Å². The van der Waals surface area contributed by atoms with Crippen molar-refractivity contribution in [2.75, 3.05) is 14.1 Å². The lowest BCUT2D eigenvalue weighted by atomic mass is 9.92. The summed E-state index contributed by atoms with van der Waals surface area (Å²) in [5.41, 5.74) is 1.37. The molecule has 1 aromatic heterocycles. The van der Waals surface area contributed by atoms with Crippen molar-refractivity contribution < 1.29 is 0 Å². The van der Waals surface area contributed by atoms with Gasteiger partial charge in [0.15, 0.2) is 0 Å². The Hall–Kier alpha value is -0.890. The quantitative estimate of drug-likeness (QED) is 0.752. The van der Waals surface area contributed by atoms with Gasteiger partial charge in [0, 0.05) is 18.4 Å². The molecular formula is C13H20N2. The van der Waals surface area contributed by atoms with Crippen molar-refractivity contribution in [3.8, 4) is 0 Å². The predicted molar refractivity (Wildman–Crippen MR) is 62.6 cm³/mol. The van der Waals surface area contributed by atoms with Gasteiger partial charge in [-0.2, -0.15) is 0 Å². The van der Waals surface area contributed by atoms with Crippen LogP contribution in [-0.2, 0) is 0 Å². The molecule has 1 saturated carbocycles. The van der Waals surface area contributed by atoms with E-state index in [9.17, 15) is 0 Å². The Bertz CT molecular complexity index is 289. The molecule has 15 heavy (non-hydrogen) atoms. The van der Waals surface area contributed by atoms with E-state index in [0.717, 1.165) is 5.92 Å². The van der Waals surface area contributed by atoms with E-state index in [2.05, 4.69) is 30.0 Å². The van der Waals surface area contributed by atoms with Crippen LogP contribution in [0.3, 0.4) is 0 Å². The maximum Gasteiger partial charge on any atom is 0.0385 e. The van der Waals surface area contributed by atoms with Crippen LogP contribution in [0.1, 0.15) is 37.3 Å². The van der Waals surface area contributed by atoms with Crippen LogP contribution in [0.25, 0.3) is 0 Å². The van der Waals surface area contributed by atoms with Crippen molar-refractivity contribution in [1.82, 2.24) is 9.88 Å². The first-order valence-corrected chi connectivity index (χ1v) is 5.85. The minimum absolute atomic E-state index is 0.557. The smallest absolute Gasteiger partial charge is 0.0385 e. The van der Waals surface area contributed by atoms with E-state index in [4.69, 9.17) is 0 Å². The predicted octanol–water partition coefficient (Wildman–Crippen LogP) is 2.87. The third-order valence-electron chi connectivity index (χ3n) is 3.43. The first-order valence-electron chi connectivity index (χ1n) is 5.85. The fourth-order valence-corrected chi connectivity index (χ4v) is 2.82. The van der Waals surface area contributed by atoms with Crippen LogP contribution in [-0.4, -0.2) is 24.0 Å². The molecule has 2 nitrogen and oxygen atoms in total. The summed E-state index contributed by atoms with van der Waals surface area (Å²) >= 11 is 0. The largest absolute Gasteiger partial charge is 0.302 e. The third kappa shape index (κ3) is 2.37. The summed E-state index contributed by atoms with van der Waals surface area (Å²) < 4.78 is 0. The summed E-state index contributed by atoms with van der Waals surface area (Å²) in [5.74, 6) is 0.823. The Balaban J connectivity index is 2.19. The standard InChI is InChI=1S/C13H20N2/c1-15(2)13(11-6-3-4-7-11)12-8-5-9-14-10-12/h5,8-11,13H,3-4,6-7H2,1-2H3. The zero-order valence-electron chi connectivity index (χ0n) is 9.69. The van der Waals surface area contributed by atoms with Gasteiger partial charge in [-0.05, 0) is 44.5 Å². The maximum absolute atomic E-state index is 4.23. The molecule has 1 atom stereocenters. The number of pyridine rings is 1. The number of hydrogen-bond donors (Lipinski definition) is 0. The molecule has 0 radical (unpaired) electrons. The van der Waals surface area contributed by atoms with Crippen LogP contribution in [0.5, 0.6) is 0 Å². The highest BCUT2D eigenvalue weighted by Gasteiger charge is 2.27. The number of rotatable bonds is 3. The van der Waals surface area contributed by atoms with Gasteiger partial charge in [-0.15, -0.1) is 0 Å². The lowest BCUT2D eigenvalue weighted by molar-refractivity contribution is 0.214. The molecule has 2 rings (SSSR count). The number of aromatic nitrogens is 1. The Morgan fingerprint density at radius 2 is 2.07 bits per heavy atom. The van der Waals surface area contributed by atoms with Crippen LogP contribution < -0.4 is 0 Å². The van der Waals surface area contributed by atoms with Crippen molar-refractivity contribution in [2.24, 2.45) is 5.92 Å². The van der Waals surface area contributed by atoms with Crippen molar-refractivity contribution in [3.63, 3.8) is 0 Å². The molecule has 0 bridgehead atoms. The Labute approximate surface area is 92.3 Å². The van der Waals surface area contributed by atoms with Gasteiger partial charge in [0.2, 0.25) is 0 Å². The second-order valence-corrected chi connectivity index (χ2v) is 4.74. The van der Waals surface area contributed by atoms with Gasteiger partial charge in [0.05, 0.1) is 0 Å². The highest BCUT2D eigenvalue weighted by atomic mass is 15.1. The lowest BCUT2D eigenvalue weighted by Crippen LogP contribution is -2.26. The zero-order valence-corrected chi connectivity index (χ0v) is 9.69. The van der Waals surface area contributed by atoms with Gasteiger partial charge in [0.25, 0.3) is 0 Å². The summed E-state index contributed by atoms with van der Waals surface area (Å²) in [4.78, 5) is 6.57. The van der Waals surface area contributed by atoms with E-state index in [1.807, 2.05) is 18.5 Å². The number of hydrogen-bond acceptors (Lipinski definition) is 2. The average Bonchev–Trinajstić information content (AvgIpc) is 2.72. The van der Waals surface area contributed by atoms with Gasteiger partial charge in [0.1, 0.15) is 0 Å². The molecule has 0 spiro atoms. The molecule has 0 N–H and O–H groups in total. The fraction of sp³-hybridized carbons (Fsp3) is 0.615. The third-order valence-corrected chi connectivity index (χ3v) is 3.43. The van der Waals surface area contributed by atoms with E-state index in [0.29, 0.717) is 6.04 Å². The summed E-state index contributed by atoms with van der Waals surface area (Å²) in [5, 5.41) is 0. The Morgan fingerprint density at radius 1 is 1.33 bits per heavy atom. The van der Waals surface area contributed by atoms with Crippen LogP contribution in [0.2, 0.25) is 0 Å². The van der Waals surface area contributed by atoms with Gasteiger partial charge >= 0.3 is 0 Å². The maximum atomic E-state index is 4.23. The average molecular weight is 204 g/mol. The SMILES string of the molecule is CN(C)C(c1cccnc1)C1CCCC1. The highest BCUT2D eigenvalue weighted by molar-refractivity contribution is 5.15. The lowest BCUT2D eigenvalue weighted by Gasteiger charge is -2.30. The van der Waals surface area contributed by atoms with Crippen molar-refractivity contribution in [1.29, 1.82) is 0 Å². The molecule has 0 saturated heterocycles. The highest BCUT2D eigenvalue weighted by Crippen LogP contribution is 2.37. The van der Waals surface area contributed by atoms with Crippen molar-refractivity contribution in [2.45, 2.75) is 31.7 Å². The van der Waals surface area contributed by atoms with Crippen LogP contribution >= 0.6 is 0 Å². The van der Waals surface area contributed by atoms with Crippen LogP contribution in [0, 0.1) is 5.92 Å². The summed E-state index contributed by atoms with van der Waals surface area (Å²) in [7, 11) is 4.35.